The maximum absolute atomic E-state index is 10.6. The Labute approximate surface area is 101 Å². The molecule has 0 atom stereocenters. The summed E-state index contributed by atoms with van der Waals surface area (Å²) in [4.78, 5) is 20.6. The van der Waals surface area contributed by atoms with Crippen molar-refractivity contribution in [2.24, 2.45) is 0 Å². The molecule has 7 heteroatoms. The number of carboxylic acids is 1. The number of hydrogen-bond donors (Lipinski definition) is 1. The molecule has 0 unspecified atom stereocenters. The molecule has 0 saturated carbocycles. The molecule has 0 bridgehead atoms. The van der Waals surface area contributed by atoms with Crippen LogP contribution in [0.5, 0.6) is 0 Å². The average Bonchev–Trinajstić information content (AvgIpc) is 2.78. The Morgan fingerprint density at radius 1 is 1.33 bits per heavy atom. The van der Waals surface area contributed by atoms with Gasteiger partial charge in [0.2, 0.25) is 0 Å². The van der Waals surface area contributed by atoms with Crippen LogP contribution in [0, 0.1) is 10.1 Å². The number of rotatable bonds is 4. The van der Waals surface area contributed by atoms with Gasteiger partial charge in [0.05, 0.1) is 11.5 Å². The van der Waals surface area contributed by atoms with E-state index in [0.717, 1.165) is 5.56 Å². The highest BCUT2D eigenvalue weighted by atomic mass is 16.6. The molecule has 0 fully saturated rings. The molecular weight excluding hydrogens is 238 g/mol. The van der Waals surface area contributed by atoms with Crippen molar-refractivity contribution in [3.8, 4) is 0 Å². The van der Waals surface area contributed by atoms with E-state index in [1.54, 1.807) is 18.3 Å². The average molecular weight is 247 g/mol. The number of nitro groups is 1. The van der Waals surface area contributed by atoms with Crippen LogP contribution in [0.25, 0.3) is 0 Å². The Bertz CT molecular complexity index is 589. The summed E-state index contributed by atoms with van der Waals surface area (Å²) in [7, 11) is 0. The van der Waals surface area contributed by atoms with E-state index < -0.39 is 10.9 Å². The number of nitrogens with zero attached hydrogens (tertiary/aromatic N) is 3. The minimum absolute atomic E-state index is 0.0189. The maximum atomic E-state index is 10.6. The first kappa shape index (κ1) is 11.8. The second-order valence-corrected chi connectivity index (χ2v) is 3.63. The largest absolute Gasteiger partial charge is 0.476 e. The molecule has 0 amide bonds. The van der Waals surface area contributed by atoms with Gasteiger partial charge in [-0.05, 0) is 11.6 Å². The molecule has 1 N–H and O–H groups in total. The Balaban J connectivity index is 2.13. The summed E-state index contributed by atoms with van der Waals surface area (Å²) in [5.41, 5.74) is 0.794. The first-order chi connectivity index (χ1) is 8.56. The van der Waals surface area contributed by atoms with Crippen molar-refractivity contribution in [1.82, 2.24) is 9.78 Å². The van der Waals surface area contributed by atoms with Gasteiger partial charge in [-0.2, -0.15) is 5.10 Å². The lowest BCUT2D eigenvalue weighted by Gasteiger charge is -2.01. The third-order valence-electron chi connectivity index (χ3n) is 2.35. The fraction of sp³-hybridized carbons (Fsp3) is 0.0909. The Hall–Kier alpha value is -2.70. The molecule has 92 valence electrons. The van der Waals surface area contributed by atoms with Crippen molar-refractivity contribution < 1.29 is 14.8 Å². The maximum Gasteiger partial charge on any atom is 0.356 e. The fourth-order valence-electron chi connectivity index (χ4n) is 1.47. The third kappa shape index (κ3) is 2.51. The van der Waals surface area contributed by atoms with Crippen molar-refractivity contribution in [3.63, 3.8) is 0 Å². The number of carboxylic acid groups (broad SMARTS) is 1. The molecule has 1 aromatic carbocycles. The number of hydrogen-bond acceptors (Lipinski definition) is 4. The number of nitro benzene ring substituents is 1. The van der Waals surface area contributed by atoms with Crippen LogP contribution in [-0.4, -0.2) is 25.8 Å². The van der Waals surface area contributed by atoms with Crippen molar-refractivity contribution in [2.75, 3.05) is 0 Å². The number of aromatic carboxylic acids is 1. The van der Waals surface area contributed by atoms with Gasteiger partial charge in [0, 0.05) is 18.3 Å². The summed E-state index contributed by atoms with van der Waals surface area (Å²) in [6.07, 6.45) is 1.55. The number of benzene rings is 1. The second kappa shape index (κ2) is 4.66. The van der Waals surface area contributed by atoms with Crippen LogP contribution in [0.3, 0.4) is 0 Å². The van der Waals surface area contributed by atoms with Gasteiger partial charge in [-0.25, -0.2) is 4.79 Å². The summed E-state index contributed by atoms with van der Waals surface area (Å²) in [6, 6.07) is 7.42. The highest BCUT2D eigenvalue weighted by molar-refractivity contribution is 5.85. The van der Waals surface area contributed by atoms with E-state index in [-0.39, 0.29) is 11.4 Å². The quantitative estimate of drug-likeness (QED) is 0.652. The lowest BCUT2D eigenvalue weighted by molar-refractivity contribution is -0.384. The molecule has 2 aromatic rings. The molecule has 0 aliphatic carbocycles. The molecule has 0 spiro atoms. The molecule has 7 nitrogen and oxygen atoms in total. The van der Waals surface area contributed by atoms with Gasteiger partial charge < -0.3 is 5.11 Å². The molecule has 0 radical (unpaired) electrons. The lowest BCUT2D eigenvalue weighted by Crippen LogP contribution is -2.03. The van der Waals surface area contributed by atoms with Crippen LogP contribution >= 0.6 is 0 Å². The molecule has 0 aliphatic rings. The van der Waals surface area contributed by atoms with Crippen LogP contribution in [0.4, 0.5) is 5.69 Å². The van der Waals surface area contributed by atoms with Crippen molar-refractivity contribution >= 4 is 11.7 Å². The van der Waals surface area contributed by atoms with Crippen LogP contribution in [0.1, 0.15) is 16.1 Å². The van der Waals surface area contributed by atoms with Gasteiger partial charge in [0.1, 0.15) is 0 Å². The Morgan fingerprint density at radius 2 is 2.00 bits per heavy atom. The van der Waals surface area contributed by atoms with Gasteiger partial charge in [-0.3, -0.25) is 14.8 Å². The van der Waals surface area contributed by atoms with Gasteiger partial charge >= 0.3 is 5.97 Å². The molecule has 0 aliphatic heterocycles. The topological polar surface area (TPSA) is 98.3 Å². The smallest absolute Gasteiger partial charge is 0.356 e. The number of non-ortho nitro benzene ring substituents is 1. The molecule has 1 heterocycles. The van der Waals surface area contributed by atoms with E-state index in [1.165, 1.54) is 22.9 Å². The normalized spacial score (nSPS) is 10.2. The third-order valence-corrected chi connectivity index (χ3v) is 2.35. The fourth-order valence-corrected chi connectivity index (χ4v) is 1.47. The number of aromatic nitrogens is 2. The summed E-state index contributed by atoms with van der Waals surface area (Å²) >= 11 is 0. The van der Waals surface area contributed by atoms with Crippen molar-refractivity contribution in [1.29, 1.82) is 0 Å². The zero-order valence-electron chi connectivity index (χ0n) is 9.18. The van der Waals surface area contributed by atoms with Crippen LogP contribution in [-0.2, 0) is 6.54 Å². The Morgan fingerprint density at radius 3 is 2.50 bits per heavy atom. The van der Waals surface area contributed by atoms with Gasteiger partial charge in [0.15, 0.2) is 5.69 Å². The zero-order chi connectivity index (χ0) is 13.1. The highest BCUT2D eigenvalue weighted by Gasteiger charge is 2.08. The van der Waals surface area contributed by atoms with Crippen molar-refractivity contribution in [2.45, 2.75) is 6.54 Å². The monoisotopic (exact) mass is 247 g/mol. The SMILES string of the molecule is O=C(O)c1ccn(Cc2ccc([N+](=O)[O-])cc2)n1. The van der Waals surface area contributed by atoms with Gasteiger partial charge in [-0.1, -0.05) is 12.1 Å². The number of carbonyl (C=O) groups is 1. The molecule has 18 heavy (non-hydrogen) atoms. The summed E-state index contributed by atoms with van der Waals surface area (Å²) in [6.45, 7) is 0.366. The molecular formula is C11H9N3O4. The van der Waals surface area contributed by atoms with Crippen molar-refractivity contribution in [3.05, 3.63) is 57.9 Å². The van der Waals surface area contributed by atoms with Crippen LogP contribution < -0.4 is 0 Å². The highest BCUT2D eigenvalue weighted by Crippen LogP contribution is 2.12. The molecule has 0 saturated heterocycles. The molecule has 1 aromatic heterocycles. The minimum atomic E-state index is -1.09. The predicted molar refractivity (Wildman–Crippen MR) is 61.4 cm³/mol. The van der Waals surface area contributed by atoms with E-state index in [4.69, 9.17) is 5.11 Å². The molecule has 2 rings (SSSR count). The zero-order valence-corrected chi connectivity index (χ0v) is 9.18. The lowest BCUT2D eigenvalue weighted by atomic mass is 10.2. The second-order valence-electron chi connectivity index (χ2n) is 3.63. The van der Waals surface area contributed by atoms with E-state index >= 15 is 0 Å². The minimum Gasteiger partial charge on any atom is -0.476 e. The van der Waals surface area contributed by atoms with Crippen LogP contribution in [0.2, 0.25) is 0 Å². The summed E-state index contributed by atoms with van der Waals surface area (Å²) < 4.78 is 1.46. The standard InChI is InChI=1S/C11H9N3O4/c15-11(16)10-5-6-13(12-10)7-8-1-3-9(4-2-8)14(17)18/h1-6H,7H2,(H,15,16). The summed E-state index contributed by atoms with van der Waals surface area (Å²) in [5, 5.41) is 23.0. The van der Waals surface area contributed by atoms with E-state index in [2.05, 4.69) is 5.10 Å². The van der Waals surface area contributed by atoms with E-state index in [1.807, 2.05) is 0 Å². The van der Waals surface area contributed by atoms with Crippen LogP contribution in [0.15, 0.2) is 36.5 Å². The van der Waals surface area contributed by atoms with E-state index in [9.17, 15) is 14.9 Å². The predicted octanol–water partition coefficient (Wildman–Crippen LogP) is 1.54. The Kier molecular flexibility index (Phi) is 3.05. The van der Waals surface area contributed by atoms with Gasteiger partial charge in [0.25, 0.3) is 5.69 Å². The van der Waals surface area contributed by atoms with Gasteiger partial charge in [-0.15, -0.1) is 0 Å². The first-order valence-corrected chi connectivity index (χ1v) is 5.06. The summed E-state index contributed by atoms with van der Waals surface area (Å²) in [5.74, 6) is -1.09. The van der Waals surface area contributed by atoms with E-state index in [0.29, 0.717) is 6.54 Å². The first-order valence-electron chi connectivity index (χ1n) is 5.06.